The maximum atomic E-state index is 13.0. The highest BCUT2D eigenvalue weighted by Gasteiger charge is 2.34. The standard InChI is InChI=1S/C22H36N4O3S/c27-30(28,17-18-7-8-18)22-23-14-20(26(22)16-21-6-3-13-29-21)15-24-9-11-25(12-10-24)19-4-1-2-5-19/h14,18-19,21H,1-13,15-17H2/t21-/m0/s1. The van der Waals surface area contributed by atoms with Crippen LogP contribution in [0.15, 0.2) is 11.4 Å². The average Bonchev–Trinajstić information content (AvgIpc) is 3.16. The minimum absolute atomic E-state index is 0.104. The van der Waals surface area contributed by atoms with Gasteiger partial charge in [0.05, 0.1) is 30.3 Å². The Kier molecular flexibility index (Phi) is 6.19. The van der Waals surface area contributed by atoms with E-state index in [0.717, 1.165) is 76.7 Å². The molecule has 0 spiro atoms. The maximum Gasteiger partial charge on any atom is 0.227 e. The van der Waals surface area contributed by atoms with Crippen molar-refractivity contribution in [3.63, 3.8) is 0 Å². The van der Waals surface area contributed by atoms with Gasteiger partial charge in [-0.05, 0) is 44.4 Å². The van der Waals surface area contributed by atoms with Gasteiger partial charge >= 0.3 is 0 Å². The molecule has 0 bridgehead atoms. The topological polar surface area (TPSA) is 67.7 Å². The molecule has 0 aromatic carbocycles. The smallest absolute Gasteiger partial charge is 0.227 e. The molecular formula is C22H36N4O3S. The highest BCUT2D eigenvalue weighted by atomic mass is 32.2. The van der Waals surface area contributed by atoms with Crippen molar-refractivity contribution in [1.29, 1.82) is 0 Å². The number of piperazine rings is 1. The number of hydrogen-bond donors (Lipinski definition) is 0. The first-order valence-corrected chi connectivity index (χ1v) is 13.6. The first-order chi connectivity index (χ1) is 14.6. The van der Waals surface area contributed by atoms with Crippen LogP contribution in [0.25, 0.3) is 0 Å². The van der Waals surface area contributed by atoms with Crippen molar-refractivity contribution < 1.29 is 13.2 Å². The Bertz CT molecular complexity index is 815. The lowest BCUT2D eigenvalue weighted by Crippen LogP contribution is -2.49. The first-order valence-electron chi connectivity index (χ1n) is 11.9. The number of ether oxygens (including phenoxy) is 1. The Morgan fingerprint density at radius 1 is 1.00 bits per heavy atom. The predicted molar refractivity (Wildman–Crippen MR) is 115 cm³/mol. The minimum atomic E-state index is -3.34. The number of sulfone groups is 1. The molecule has 2 saturated heterocycles. The summed E-state index contributed by atoms with van der Waals surface area (Å²) >= 11 is 0. The summed E-state index contributed by atoms with van der Waals surface area (Å²) < 4.78 is 33.9. The van der Waals surface area contributed by atoms with E-state index in [2.05, 4.69) is 14.8 Å². The summed E-state index contributed by atoms with van der Waals surface area (Å²) in [4.78, 5) is 9.57. The molecule has 5 rings (SSSR count). The molecule has 168 valence electrons. The van der Waals surface area contributed by atoms with Crippen LogP contribution in [0.1, 0.15) is 57.1 Å². The fraction of sp³-hybridized carbons (Fsp3) is 0.864. The molecule has 8 heteroatoms. The van der Waals surface area contributed by atoms with Gasteiger partial charge < -0.3 is 9.30 Å². The summed E-state index contributed by atoms with van der Waals surface area (Å²) in [5, 5.41) is 0.268. The molecule has 7 nitrogen and oxygen atoms in total. The van der Waals surface area contributed by atoms with E-state index < -0.39 is 9.84 Å². The van der Waals surface area contributed by atoms with Crippen LogP contribution in [0, 0.1) is 5.92 Å². The van der Waals surface area contributed by atoms with Crippen molar-refractivity contribution in [3.05, 3.63) is 11.9 Å². The van der Waals surface area contributed by atoms with E-state index in [4.69, 9.17) is 4.74 Å². The number of hydrogen-bond acceptors (Lipinski definition) is 6. The van der Waals surface area contributed by atoms with Crippen LogP contribution in [0.2, 0.25) is 0 Å². The zero-order chi connectivity index (χ0) is 20.6. The lowest BCUT2D eigenvalue weighted by molar-refractivity contribution is 0.0847. The van der Waals surface area contributed by atoms with Gasteiger partial charge in [0.1, 0.15) is 0 Å². The predicted octanol–water partition coefficient (Wildman–Crippen LogP) is 2.31. The van der Waals surface area contributed by atoms with E-state index in [1.54, 1.807) is 6.20 Å². The maximum absolute atomic E-state index is 13.0. The van der Waals surface area contributed by atoms with Gasteiger partial charge in [-0.2, -0.15) is 0 Å². The summed E-state index contributed by atoms with van der Waals surface area (Å²) in [5.41, 5.74) is 1.02. The molecule has 4 fully saturated rings. The number of imidazole rings is 1. The normalized spacial score (nSPS) is 27.3. The van der Waals surface area contributed by atoms with Gasteiger partial charge in [-0.3, -0.25) is 9.80 Å². The fourth-order valence-electron chi connectivity index (χ4n) is 5.41. The van der Waals surface area contributed by atoms with Crippen LogP contribution >= 0.6 is 0 Å². The molecule has 2 aliphatic heterocycles. The molecule has 1 atom stereocenters. The lowest BCUT2D eigenvalue weighted by Gasteiger charge is -2.38. The summed E-state index contributed by atoms with van der Waals surface area (Å²) in [6.07, 6.45) is 11.5. The van der Waals surface area contributed by atoms with E-state index in [1.165, 1.54) is 25.7 Å². The van der Waals surface area contributed by atoms with Crippen molar-refractivity contribution in [3.8, 4) is 0 Å². The van der Waals surface area contributed by atoms with Crippen LogP contribution < -0.4 is 0 Å². The van der Waals surface area contributed by atoms with E-state index >= 15 is 0 Å². The third kappa shape index (κ3) is 4.76. The molecule has 2 saturated carbocycles. The monoisotopic (exact) mass is 436 g/mol. The summed E-state index contributed by atoms with van der Waals surface area (Å²) in [6, 6.07) is 0.788. The molecular weight excluding hydrogens is 400 g/mol. The van der Waals surface area contributed by atoms with Gasteiger partial charge in [-0.1, -0.05) is 12.8 Å². The Morgan fingerprint density at radius 2 is 1.77 bits per heavy atom. The fourth-order valence-corrected chi connectivity index (χ4v) is 7.25. The average molecular weight is 437 g/mol. The molecule has 30 heavy (non-hydrogen) atoms. The highest BCUT2D eigenvalue weighted by molar-refractivity contribution is 7.91. The van der Waals surface area contributed by atoms with Crippen molar-refractivity contribution >= 4 is 9.84 Å². The Labute approximate surface area is 180 Å². The zero-order valence-electron chi connectivity index (χ0n) is 18.0. The number of nitrogens with zero attached hydrogens (tertiary/aromatic N) is 4. The Hall–Kier alpha value is -0.960. The SMILES string of the molecule is O=S(=O)(CC1CC1)c1ncc(CN2CCN(C3CCCC3)CC2)n1C[C@@H]1CCCO1. The Balaban J connectivity index is 1.29. The molecule has 1 aromatic heterocycles. The van der Waals surface area contributed by atoms with Gasteiger partial charge in [0.2, 0.25) is 15.0 Å². The van der Waals surface area contributed by atoms with Gasteiger partial charge in [0.15, 0.2) is 0 Å². The molecule has 1 aromatic rings. The second kappa shape index (κ2) is 8.88. The summed E-state index contributed by atoms with van der Waals surface area (Å²) in [5.74, 6) is 0.574. The summed E-state index contributed by atoms with van der Waals surface area (Å²) in [6.45, 7) is 6.50. The molecule has 2 aliphatic carbocycles. The van der Waals surface area contributed by atoms with Crippen LogP contribution in [-0.2, 0) is 27.7 Å². The highest BCUT2D eigenvalue weighted by Crippen LogP contribution is 2.32. The molecule has 0 amide bonds. The second-order valence-electron chi connectivity index (χ2n) is 9.75. The zero-order valence-corrected chi connectivity index (χ0v) is 18.9. The number of aromatic nitrogens is 2. The van der Waals surface area contributed by atoms with Crippen LogP contribution in [0.5, 0.6) is 0 Å². The molecule has 0 N–H and O–H groups in total. The lowest BCUT2D eigenvalue weighted by atomic mass is 10.2. The Morgan fingerprint density at radius 3 is 2.43 bits per heavy atom. The van der Waals surface area contributed by atoms with E-state index in [0.29, 0.717) is 12.5 Å². The van der Waals surface area contributed by atoms with Crippen molar-refractivity contribution in [2.45, 2.75) is 81.8 Å². The van der Waals surface area contributed by atoms with Gasteiger partial charge in [-0.25, -0.2) is 13.4 Å². The van der Waals surface area contributed by atoms with E-state index in [1.807, 2.05) is 4.57 Å². The second-order valence-corrected chi connectivity index (χ2v) is 11.7. The molecule has 0 radical (unpaired) electrons. The number of rotatable bonds is 8. The van der Waals surface area contributed by atoms with Crippen molar-refractivity contribution in [1.82, 2.24) is 19.4 Å². The third-order valence-electron chi connectivity index (χ3n) is 7.38. The largest absolute Gasteiger partial charge is 0.376 e. The van der Waals surface area contributed by atoms with Gasteiger partial charge in [-0.15, -0.1) is 0 Å². The quantitative estimate of drug-likeness (QED) is 0.623. The van der Waals surface area contributed by atoms with Crippen LogP contribution in [-0.4, -0.2) is 78.5 Å². The van der Waals surface area contributed by atoms with Crippen molar-refractivity contribution in [2.24, 2.45) is 5.92 Å². The molecule has 3 heterocycles. The van der Waals surface area contributed by atoms with Gasteiger partial charge in [0, 0.05) is 45.4 Å². The van der Waals surface area contributed by atoms with Crippen LogP contribution in [0.4, 0.5) is 0 Å². The molecule has 4 aliphatic rings. The van der Waals surface area contributed by atoms with Crippen LogP contribution in [0.3, 0.4) is 0 Å². The third-order valence-corrected chi connectivity index (χ3v) is 9.17. The van der Waals surface area contributed by atoms with Crippen molar-refractivity contribution in [2.75, 3.05) is 38.5 Å². The van der Waals surface area contributed by atoms with Gasteiger partial charge in [0.25, 0.3) is 0 Å². The minimum Gasteiger partial charge on any atom is -0.376 e. The van der Waals surface area contributed by atoms with E-state index in [-0.39, 0.29) is 17.0 Å². The van der Waals surface area contributed by atoms with E-state index in [9.17, 15) is 8.42 Å². The summed E-state index contributed by atoms with van der Waals surface area (Å²) in [7, 11) is -3.34. The molecule has 0 unspecified atom stereocenters. The first kappa shape index (κ1) is 20.9.